The van der Waals surface area contributed by atoms with E-state index in [0.29, 0.717) is 17.9 Å². The molecule has 0 aliphatic carbocycles. The van der Waals surface area contributed by atoms with Crippen LogP contribution in [-0.4, -0.2) is 21.3 Å². The number of imidazole rings is 1. The monoisotopic (exact) mass is 250 g/mol. The van der Waals surface area contributed by atoms with Crippen LogP contribution >= 0.6 is 0 Å². The molecule has 2 aromatic rings. The summed E-state index contributed by atoms with van der Waals surface area (Å²) in [5.74, 6) is 0.161. The van der Waals surface area contributed by atoms with E-state index in [1.165, 1.54) is 18.2 Å². The first-order valence-corrected chi connectivity index (χ1v) is 5.77. The first-order valence-electron chi connectivity index (χ1n) is 5.77. The van der Waals surface area contributed by atoms with Crippen LogP contribution in [0.5, 0.6) is 5.75 Å². The molecule has 0 atom stereocenters. The van der Waals surface area contributed by atoms with Gasteiger partial charge >= 0.3 is 0 Å². The van der Waals surface area contributed by atoms with E-state index >= 15 is 0 Å². The Labute approximate surface area is 105 Å². The maximum Gasteiger partial charge on any atom is 0.125 e. The van der Waals surface area contributed by atoms with Gasteiger partial charge in [0.25, 0.3) is 0 Å². The van der Waals surface area contributed by atoms with Crippen molar-refractivity contribution in [2.75, 3.05) is 6.61 Å². The Morgan fingerprint density at radius 1 is 1.39 bits per heavy atom. The minimum atomic E-state index is -0.371. The zero-order valence-corrected chi connectivity index (χ0v) is 9.92. The lowest BCUT2D eigenvalue weighted by Gasteiger charge is -2.10. The summed E-state index contributed by atoms with van der Waals surface area (Å²) >= 11 is 0. The van der Waals surface area contributed by atoms with Crippen molar-refractivity contribution in [3.05, 3.63) is 48.3 Å². The van der Waals surface area contributed by atoms with Crippen LogP contribution in [-0.2, 0) is 13.2 Å². The van der Waals surface area contributed by atoms with E-state index in [1.54, 1.807) is 12.5 Å². The standard InChI is InChI=1S/C13H15FN2O2/c14-12-2-3-13(11(8-12)9-17)18-7-1-5-16-6-4-15-10-16/h2-4,6,8,10,17H,1,5,7,9H2. The predicted octanol–water partition coefficient (Wildman–Crippen LogP) is 1.98. The average Bonchev–Trinajstić information content (AvgIpc) is 2.89. The Balaban J connectivity index is 1.83. The van der Waals surface area contributed by atoms with Crippen molar-refractivity contribution in [2.24, 2.45) is 0 Å². The van der Waals surface area contributed by atoms with Gasteiger partial charge in [-0.1, -0.05) is 0 Å². The highest BCUT2D eigenvalue weighted by molar-refractivity contribution is 5.33. The van der Waals surface area contributed by atoms with Crippen LogP contribution in [0, 0.1) is 5.82 Å². The molecule has 1 aromatic carbocycles. The van der Waals surface area contributed by atoms with E-state index in [2.05, 4.69) is 4.98 Å². The van der Waals surface area contributed by atoms with Crippen LogP contribution in [0.2, 0.25) is 0 Å². The van der Waals surface area contributed by atoms with Crippen molar-refractivity contribution in [2.45, 2.75) is 19.6 Å². The lowest BCUT2D eigenvalue weighted by atomic mass is 10.2. The van der Waals surface area contributed by atoms with Crippen LogP contribution < -0.4 is 4.74 Å². The summed E-state index contributed by atoms with van der Waals surface area (Å²) in [6, 6.07) is 4.15. The molecule has 0 spiro atoms. The number of aryl methyl sites for hydroxylation is 1. The first kappa shape index (κ1) is 12.6. The number of aromatic nitrogens is 2. The quantitative estimate of drug-likeness (QED) is 0.797. The van der Waals surface area contributed by atoms with Gasteiger partial charge in [0.15, 0.2) is 0 Å². The lowest BCUT2D eigenvalue weighted by molar-refractivity contribution is 0.258. The zero-order chi connectivity index (χ0) is 12.8. The molecule has 5 heteroatoms. The van der Waals surface area contributed by atoms with Crippen LogP contribution in [0.3, 0.4) is 0 Å². The van der Waals surface area contributed by atoms with Gasteiger partial charge in [0.05, 0.1) is 19.5 Å². The molecular weight excluding hydrogens is 235 g/mol. The van der Waals surface area contributed by atoms with E-state index in [1.807, 2.05) is 10.8 Å². The molecule has 0 saturated carbocycles. The van der Waals surface area contributed by atoms with Crippen LogP contribution in [0.1, 0.15) is 12.0 Å². The van der Waals surface area contributed by atoms with Gasteiger partial charge in [0, 0.05) is 24.5 Å². The maximum atomic E-state index is 12.9. The number of aliphatic hydroxyl groups is 1. The van der Waals surface area contributed by atoms with Gasteiger partial charge < -0.3 is 14.4 Å². The topological polar surface area (TPSA) is 47.3 Å². The lowest BCUT2D eigenvalue weighted by Crippen LogP contribution is -2.04. The summed E-state index contributed by atoms with van der Waals surface area (Å²) in [5, 5.41) is 9.09. The van der Waals surface area contributed by atoms with E-state index in [4.69, 9.17) is 9.84 Å². The molecule has 0 fully saturated rings. The second-order valence-corrected chi connectivity index (χ2v) is 3.91. The summed E-state index contributed by atoms with van der Waals surface area (Å²) in [5.41, 5.74) is 0.470. The molecule has 2 rings (SSSR count). The van der Waals surface area contributed by atoms with Crippen molar-refractivity contribution < 1.29 is 14.2 Å². The fourth-order valence-electron chi connectivity index (χ4n) is 1.66. The summed E-state index contributed by atoms with van der Waals surface area (Å²) in [7, 11) is 0. The van der Waals surface area contributed by atoms with E-state index in [-0.39, 0.29) is 12.4 Å². The van der Waals surface area contributed by atoms with Crippen LogP contribution in [0.15, 0.2) is 36.9 Å². The zero-order valence-electron chi connectivity index (χ0n) is 9.92. The molecule has 4 nitrogen and oxygen atoms in total. The fourth-order valence-corrected chi connectivity index (χ4v) is 1.66. The highest BCUT2D eigenvalue weighted by atomic mass is 19.1. The molecule has 0 bridgehead atoms. The number of benzene rings is 1. The van der Waals surface area contributed by atoms with Crippen molar-refractivity contribution in [3.63, 3.8) is 0 Å². The smallest absolute Gasteiger partial charge is 0.125 e. The molecule has 18 heavy (non-hydrogen) atoms. The van der Waals surface area contributed by atoms with Gasteiger partial charge in [0.2, 0.25) is 0 Å². The Morgan fingerprint density at radius 3 is 3.00 bits per heavy atom. The van der Waals surface area contributed by atoms with Crippen molar-refractivity contribution >= 4 is 0 Å². The number of nitrogens with zero attached hydrogens (tertiary/aromatic N) is 2. The Bertz CT molecular complexity index is 486. The van der Waals surface area contributed by atoms with E-state index in [9.17, 15) is 4.39 Å². The highest BCUT2D eigenvalue weighted by Crippen LogP contribution is 2.19. The molecule has 0 radical (unpaired) electrons. The van der Waals surface area contributed by atoms with Gasteiger partial charge in [-0.3, -0.25) is 0 Å². The summed E-state index contributed by atoms with van der Waals surface area (Å²) < 4.78 is 20.4. The number of aliphatic hydroxyl groups excluding tert-OH is 1. The molecule has 0 aliphatic heterocycles. The number of hydrogen-bond donors (Lipinski definition) is 1. The van der Waals surface area contributed by atoms with Crippen molar-refractivity contribution in [1.29, 1.82) is 0 Å². The molecular formula is C13H15FN2O2. The predicted molar refractivity (Wildman–Crippen MR) is 64.7 cm³/mol. The maximum absolute atomic E-state index is 12.9. The summed E-state index contributed by atoms with van der Waals surface area (Å²) in [6.45, 7) is 1.10. The number of ether oxygens (including phenoxy) is 1. The van der Waals surface area contributed by atoms with Crippen LogP contribution in [0.4, 0.5) is 4.39 Å². The third kappa shape index (κ3) is 3.30. The third-order valence-electron chi connectivity index (χ3n) is 2.57. The normalized spacial score (nSPS) is 10.6. The molecule has 0 aliphatic rings. The van der Waals surface area contributed by atoms with Gasteiger partial charge in [-0.05, 0) is 24.6 Å². The van der Waals surface area contributed by atoms with E-state index < -0.39 is 0 Å². The SMILES string of the molecule is OCc1cc(F)ccc1OCCCn1ccnc1. The minimum absolute atomic E-state index is 0.228. The van der Waals surface area contributed by atoms with Gasteiger partial charge in [-0.15, -0.1) is 0 Å². The fraction of sp³-hybridized carbons (Fsp3) is 0.308. The summed E-state index contributed by atoms with van der Waals surface area (Å²) in [4.78, 5) is 3.94. The van der Waals surface area contributed by atoms with Gasteiger partial charge in [-0.25, -0.2) is 9.37 Å². The molecule has 96 valence electrons. The Kier molecular flexibility index (Phi) is 4.30. The Morgan fingerprint density at radius 2 is 2.28 bits per heavy atom. The number of halogens is 1. The van der Waals surface area contributed by atoms with Gasteiger partial charge in [-0.2, -0.15) is 0 Å². The molecule has 0 saturated heterocycles. The molecule has 1 N–H and O–H groups in total. The Hall–Kier alpha value is -1.88. The first-order chi connectivity index (χ1) is 8.79. The second kappa shape index (κ2) is 6.16. The largest absolute Gasteiger partial charge is 0.493 e. The van der Waals surface area contributed by atoms with Crippen molar-refractivity contribution in [1.82, 2.24) is 9.55 Å². The molecule has 1 heterocycles. The number of rotatable bonds is 6. The minimum Gasteiger partial charge on any atom is -0.493 e. The number of hydrogen-bond acceptors (Lipinski definition) is 3. The van der Waals surface area contributed by atoms with Crippen molar-refractivity contribution in [3.8, 4) is 5.75 Å². The summed E-state index contributed by atoms with van der Waals surface area (Å²) in [6.07, 6.45) is 6.18. The van der Waals surface area contributed by atoms with Crippen LogP contribution in [0.25, 0.3) is 0 Å². The third-order valence-corrected chi connectivity index (χ3v) is 2.57. The highest BCUT2D eigenvalue weighted by Gasteiger charge is 2.04. The van der Waals surface area contributed by atoms with Gasteiger partial charge in [0.1, 0.15) is 11.6 Å². The second-order valence-electron chi connectivity index (χ2n) is 3.91. The molecule has 1 aromatic heterocycles. The van der Waals surface area contributed by atoms with E-state index in [0.717, 1.165) is 13.0 Å². The average molecular weight is 250 g/mol. The molecule has 0 unspecified atom stereocenters. The molecule has 0 amide bonds.